The molecular formula is C17H23NO4. The van der Waals surface area contributed by atoms with Crippen molar-refractivity contribution in [1.82, 2.24) is 4.90 Å². The number of amides is 1. The van der Waals surface area contributed by atoms with Gasteiger partial charge in [-0.05, 0) is 37.0 Å². The summed E-state index contributed by atoms with van der Waals surface area (Å²) in [5.74, 6) is -0.970. The Morgan fingerprint density at radius 2 is 1.86 bits per heavy atom. The van der Waals surface area contributed by atoms with Gasteiger partial charge in [0.2, 0.25) is 0 Å². The van der Waals surface area contributed by atoms with E-state index in [1.54, 1.807) is 4.90 Å². The number of carboxylic acid groups (broad SMARTS) is 1. The van der Waals surface area contributed by atoms with E-state index < -0.39 is 5.97 Å². The molecule has 2 rings (SSSR count). The number of aryl methyl sites for hydroxylation is 1. The number of rotatable bonds is 6. The summed E-state index contributed by atoms with van der Waals surface area (Å²) in [6, 6.07) is 7.62. The monoisotopic (exact) mass is 305 g/mol. The van der Waals surface area contributed by atoms with Crippen molar-refractivity contribution in [3.63, 3.8) is 0 Å². The minimum absolute atomic E-state index is 0.0316. The Bertz CT molecular complexity index is 506. The molecule has 120 valence electrons. The number of ether oxygens (including phenoxy) is 1. The molecule has 1 N–H and O–H groups in total. The number of carboxylic acids is 1. The summed E-state index contributed by atoms with van der Waals surface area (Å²) in [6.45, 7) is 3.55. The molecule has 0 atom stereocenters. The predicted molar refractivity (Wildman–Crippen MR) is 83.0 cm³/mol. The molecule has 22 heavy (non-hydrogen) atoms. The number of carbonyl (C=O) groups is 2. The molecule has 1 aliphatic rings. The third-order valence-electron chi connectivity index (χ3n) is 4.07. The van der Waals surface area contributed by atoms with Crippen molar-refractivity contribution in [1.29, 1.82) is 0 Å². The third kappa shape index (κ3) is 4.31. The van der Waals surface area contributed by atoms with Crippen LogP contribution in [0.15, 0.2) is 24.3 Å². The van der Waals surface area contributed by atoms with Crippen molar-refractivity contribution < 1.29 is 19.4 Å². The van der Waals surface area contributed by atoms with E-state index in [9.17, 15) is 9.59 Å². The quantitative estimate of drug-likeness (QED) is 0.876. The number of carbonyl (C=O) groups excluding carboxylic acids is 1. The van der Waals surface area contributed by atoms with Crippen LogP contribution in [0.25, 0.3) is 0 Å². The highest BCUT2D eigenvalue weighted by atomic mass is 16.5. The van der Waals surface area contributed by atoms with Gasteiger partial charge in [-0.25, -0.2) is 0 Å². The van der Waals surface area contributed by atoms with Gasteiger partial charge in [-0.3, -0.25) is 9.59 Å². The van der Waals surface area contributed by atoms with Gasteiger partial charge in [0.1, 0.15) is 0 Å². The summed E-state index contributed by atoms with van der Waals surface area (Å²) < 4.78 is 5.34. The van der Waals surface area contributed by atoms with Crippen LogP contribution in [0.3, 0.4) is 0 Å². The number of aliphatic carboxylic acids is 1. The Kier molecular flexibility index (Phi) is 5.95. The fourth-order valence-electron chi connectivity index (χ4n) is 2.71. The van der Waals surface area contributed by atoms with Gasteiger partial charge in [0, 0.05) is 31.4 Å². The average molecular weight is 305 g/mol. The molecule has 1 heterocycles. The Hall–Kier alpha value is -1.88. The van der Waals surface area contributed by atoms with Gasteiger partial charge in [0.05, 0.1) is 6.42 Å². The van der Waals surface area contributed by atoms with Gasteiger partial charge >= 0.3 is 5.97 Å². The van der Waals surface area contributed by atoms with E-state index in [4.69, 9.17) is 9.84 Å². The van der Waals surface area contributed by atoms with Gasteiger partial charge in [-0.1, -0.05) is 19.1 Å². The van der Waals surface area contributed by atoms with E-state index in [0.717, 1.165) is 19.3 Å². The maximum atomic E-state index is 12.7. The Morgan fingerprint density at radius 1 is 1.23 bits per heavy atom. The standard InChI is InChI=1S/C17H23NO4/c1-2-13-3-5-14(6-4-13)17(21)18(10-7-16(19)20)15-8-11-22-12-9-15/h3-6,15H,2,7-12H2,1H3,(H,19,20). The lowest BCUT2D eigenvalue weighted by Gasteiger charge is -2.34. The van der Waals surface area contributed by atoms with Crippen LogP contribution in [0.1, 0.15) is 42.1 Å². The summed E-state index contributed by atoms with van der Waals surface area (Å²) in [7, 11) is 0. The first-order valence-corrected chi connectivity index (χ1v) is 7.81. The molecule has 0 aliphatic carbocycles. The molecule has 5 heteroatoms. The van der Waals surface area contributed by atoms with Crippen LogP contribution in [0.5, 0.6) is 0 Å². The zero-order chi connectivity index (χ0) is 15.9. The Balaban J connectivity index is 2.13. The van der Waals surface area contributed by atoms with Crippen LogP contribution in [-0.4, -0.2) is 47.7 Å². The normalized spacial score (nSPS) is 15.5. The van der Waals surface area contributed by atoms with Crippen molar-refractivity contribution in [3.05, 3.63) is 35.4 Å². The molecule has 0 radical (unpaired) electrons. The maximum Gasteiger partial charge on any atom is 0.305 e. The molecule has 0 aromatic heterocycles. The zero-order valence-electron chi connectivity index (χ0n) is 13.0. The fraction of sp³-hybridized carbons (Fsp3) is 0.529. The minimum atomic E-state index is -0.883. The molecule has 1 aromatic rings. The van der Waals surface area contributed by atoms with Gasteiger partial charge in [0.25, 0.3) is 5.91 Å². The molecule has 1 fully saturated rings. The number of benzene rings is 1. The molecule has 0 saturated carbocycles. The fourth-order valence-corrected chi connectivity index (χ4v) is 2.71. The first-order chi connectivity index (χ1) is 10.6. The lowest BCUT2D eigenvalue weighted by atomic mass is 10.0. The Labute approximate surface area is 130 Å². The Morgan fingerprint density at radius 3 is 2.41 bits per heavy atom. The van der Waals surface area contributed by atoms with E-state index in [1.165, 1.54) is 5.56 Å². The number of hydrogen-bond acceptors (Lipinski definition) is 3. The lowest BCUT2D eigenvalue weighted by molar-refractivity contribution is -0.137. The third-order valence-corrected chi connectivity index (χ3v) is 4.07. The van der Waals surface area contributed by atoms with E-state index in [2.05, 4.69) is 6.92 Å². The summed E-state index contributed by atoms with van der Waals surface area (Å²) in [5.41, 5.74) is 1.80. The average Bonchev–Trinajstić information content (AvgIpc) is 2.55. The van der Waals surface area contributed by atoms with E-state index in [1.807, 2.05) is 24.3 Å². The summed E-state index contributed by atoms with van der Waals surface area (Å²) >= 11 is 0. The topological polar surface area (TPSA) is 66.8 Å². The van der Waals surface area contributed by atoms with Crippen LogP contribution in [-0.2, 0) is 16.0 Å². The molecule has 0 bridgehead atoms. The molecule has 1 saturated heterocycles. The van der Waals surface area contributed by atoms with E-state index in [-0.39, 0.29) is 24.9 Å². The van der Waals surface area contributed by atoms with Crippen molar-refractivity contribution >= 4 is 11.9 Å². The van der Waals surface area contributed by atoms with Crippen LogP contribution < -0.4 is 0 Å². The molecule has 0 unspecified atom stereocenters. The molecule has 1 aromatic carbocycles. The number of nitrogens with zero attached hydrogens (tertiary/aromatic N) is 1. The summed E-state index contributed by atoms with van der Waals surface area (Å²) in [4.78, 5) is 25.3. The second-order valence-corrected chi connectivity index (χ2v) is 5.54. The highest BCUT2D eigenvalue weighted by Crippen LogP contribution is 2.18. The van der Waals surface area contributed by atoms with E-state index >= 15 is 0 Å². The van der Waals surface area contributed by atoms with Crippen molar-refractivity contribution in [2.45, 2.75) is 38.6 Å². The molecule has 1 amide bonds. The van der Waals surface area contributed by atoms with Gasteiger partial charge < -0.3 is 14.7 Å². The molecule has 0 spiro atoms. The minimum Gasteiger partial charge on any atom is -0.481 e. The molecule has 5 nitrogen and oxygen atoms in total. The van der Waals surface area contributed by atoms with Gasteiger partial charge in [-0.2, -0.15) is 0 Å². The van der Waals surface area contributed by atoms with Crippen LogP contribution >= 0.6 is 0 Å². The van der Waals surface area contributed by atoms with Crippen LogP contribution in [0, 0.1) is 0 Å². The van der Waals surface area contributed by atoms with Crippen LogP contribution in [0.2, 0.25) is 0 Å². The first-order valence-electron chi connectivity index (χ1n) is 7.81. The first kappa shape index (κ1) is 16.5. The SMILES string of the molecule is CCc1ccc(C(=O)N(CCC(=O)O)C2CCOCC2)cc1. The van der Waals surface area contributed by atoms with E-state index in [0.29, 0.717) is 18.8 Å². The second kappa shape index (κ2) is 7.94. The highest BCUT2D eigenvalue weighted by molar-refractivity contribution is 5.94. The van der Waals surface area contributed by atoms with Gasteiger partial charge in [-0.15, -0.1) is 0 Å². The van der Waals surface area contributed by atoms with Crippen molar-refractivity contribution in [3.8, 4) is 0 Å². The van der Waals surface area contributed by atoms with Gasteiger partial charge in [0.15, 0.2) is 0 Å². The highest BCUT2D eigenvalue weighted by Gasteiger charge is 2.26. The number of hydrogen-bond donors (Lipinski definition) is 1. The lowest BCUT2D eigenvalue weighted by Crippen LogP contribution is -2.44. The van der Waals surface area contributed by atoms with Crippen LogP contribution in [0.4, 0.5) is 0 Å². The maximum absolute atomic E-state index is 12.7. The largest absolute Gasteiger partial charge is 0.481 e. The zero-order valence-corrected chi connectivity index (χ0v) is 13.0. The summed E-state index contributed by atoms with van der Waals surface area (Å²) in [6.07, 6.45) is 2.42. The van der Waals surface area contributed by atoms with Crippen molar-refractivity contribution in [2.24, 2.45) is 0 Å². The summed E-state index contributed by atoms with van der Waals surface area (Å²) in [5, 5.41) is 8.92. The molecule has 1 aliphatic heterocycles. The smallest absolute Gasteiger partial charge is 0.305 e. The van der Waals surface area contributed by atoms with Crippen molar-refractivity contribution in [2.75, 3.05) is 19.8 Å². The second-order valence-electron chi connectivity index (χ2n) is 5.54. The predicted octanol–water partition coefficient (Wildman–Crippen LogP) is 2.34. The molecular weight excluding hydrogens is 282 g/mol.